The van der Waals surface area contributed by atoms with Gasteiger partial charge in [-0.1, -0.05) is 194 Å². The predicted molar refractivity (Wildman–Crippen MR) is 272 cm³/mol. The van der Waals surface area contributed by atoms with Crippen molar-refractivity contribution in [2.75, 3.05) is 4.90 Å². The largest absolute Gasteiger partial charge is 0.456 e. The van der Waals surface area contributed by atoms with Crippen LogP contribution in [0.1, 0.15) is 0 Å². The Labute approximate surface area is 382 Å². The molecule has 0 atom stereocenters. The Balaban J connectivity index is 0.920. The molecule has 12 aromatic rings. The highest BCUT2D eigenvalue weighted by molar-refractivity contribution is 6.13. The molecule has 0 fully saturated rings. The van der Waals surface area contributed by atoms with Gasteiger partial charge in [0, 0.05) is 50.6 Å². The second-order valence-electron chi connectivity index (χ2n) is 16.4. The summed E-state index contributed by atoms with van der Waals surface area (Å²) in [6.07, 6.45) is 0. The Morgan fingerprint density at radius 2 is 0.742 bits per heavy atom. The van der Waals surface area contributed by atoms with Crippen molar-refractivity contribution < 1.29 is 4.42 Å². The summed E-state index contributed by atoms with van der Waals surface area (Å²) in [4.78, 5) is 17.4. The number of furan rings is 1. The summed E-state index contributed by atoms with van der Waals surface area (Å²) in [5.74, 6) is 1.89. The minimum Gasteiger partial charge on any atom is -0.456 e. The average Bonchev–Trinajstić information content (AvgIpc) is 3.78. The lowest BCUT2D eigenvalue weighted by Crippen LogP contribution is -2.09. The molecule has 0 bridgehead atoms. The molecule has 0 radical (unpaired) electrons. The third kappa shape index (κ3) is 7.25. The van der Waals surface area contributed by atoms with Gasteiger partial charge < -0.3 is 9.32 Å². The smallest absolute Gasteiger partial charge is 0.164 e. The van der Waals surface area contributed by atoms with Crippen molar-refractivity contribution in [3.63, 3.8) is 0 Å². The Bertz CT molecular complexity index is 3580. The number of anilines is 3. The van der Waals surface area contributed by atoms with E-state index in [1.54, 1.807) is 0 Å². The Morgan fingerprint density at radius 3 is 1.38 bits per heavy atom. The van der Waals surface area contributed by atoms with Crippen LogP contribution in [0.15, 0.2) is 247 Å². The van der Waals surface area contributed by atoms with Crippen LogP contribution in [0.2, 0.25) is 0 Å². The lowest BCUT2D eigenvalue weighted by atomic mass is 9.98. The van der Waals surface area contributed by atoms with Crippen LogP contribution < -0.4 is 4.90 Å². The maximum atomic E-state index is 6.71. The van der Waals surface area contributed by atoms with Crippen LogP contribution >= 0.6 is 0 Å². The fourth-order valence-corrected chi connectivity index (χ4v) is 9.07. The quantitative estimate of drug-likeness (QED) is 0.145. The first-order chi connectivity index (χ1) is 32.7. The van der Waals surface area contributed by atoms with E-state index >= 15 is 0 Å². The molecule has 0 unspecified atom stereocenters. The van der Waals surface area contributed by atoms with Crippen LogP contribution in [0.5, 0.6) is 0 Å². The van der Waals surface area contributed by atoms with Gasteiger partial charge >= 0.3 is 0 Å². The lowest BCUT2D eigenvalue weighted by molar-refractivity contribution is 0.669. The van der Waals surface area contributed by atoms with Gasteiger partial charge in [-0.2, -0.15) is 0 Å². The molecule has 10 aromatic carbocycles. The van der Waals surface area contributed by atoms with E-state index in [1.165, 1.54) is 22.3 Å². The molecule has 0 spiro atoms. The van der Waals surface area contributed by atoms with Gasteiger partial charge in [-0.15, -0.1) is 0 Å². The Kier molecular flexibility index (Phi) is 9.77. The fourth-order valence-electron chi connectivity index (χ4n) is 9.07. The summed E-state index contributed by atoms with van der Waals surface area (Å²) in [6, 6.07) is 84.7. The lowest BCUT2D eigenvalue weighted by Gasteiger charge is -2.26. The Hall–Kier alpha value is -8.93. The van der Waals surface area contributed by atoms with Crippen LogP contribution in [0, 0.1) is 0 Å². The monoisotopic (exact) mass is 844 g/mol. The molecular formula is C61H40N4O. The highest BCUT2D eigenvalue weighted by Crippen LogP contribution is 2.42. The molecular weight excluding hydrogens is 805 g/mol. The van der Waals surface area contributed by atoms with Crippen LogP contribution in [0.4, 0.5) is 17.1 Å². The van der Waals surface area contributed by atoms with Crippen molar-refractivity contribution >= 4 is 49.8 Å². The van der Waals surface area contributed by atoms with E-state index in [-0.39, 0.29) is 0 Å². The van der Waals surface area contributed by atoms with Gasteiger partial charge in [-0.05, 0) is 86.6 Å². The normalized spacial score (nSPS) is 11.3. The number of fused-ring (bicyclic) bond motifs is 4. The molecule has 310 valence electrons. The highest BCUT2D eigenvalue weighted by Gasteiger charge is 2.19. The van der Waals surface area contributed by atoms with Crippen molar-refractivity contribution in [2.24, 2.45) is 0 Å². The maximum absolute atomic E-state index is 6.71. The minimum atomic E-state index is 0.617. The topological polar surface area (TPSA) is 55.1 Å². The third-order valence-corrected chi connectivity index (χ3v) is 12.4. The predicted octanol–water partition coefficient (Wildman–Crippen LogP) is 16.4. The van der Waals surface area contributed by atoms with Gasteiger partial charge in [-0.25, -0.2) is 15.0 Å². The van der Waals surface area contributed by atoms with Gasteiger partial charge in [0.15, 0.2) is 17.5 Å². The van der Waals surface area contributed by atoms with Crippen LogP contribution in [0.3, 0.4) is 0 Å². The van der Waals surface area contributed by atoms with Crippen LogP contribution in [0.25, 0.3) is 100 Å². The van der Waals surface area contributed by atoms with E-state index in [1.807, 2.05) is 30.3 Å². The molecule has 2 aromatic heterocycles. The first-order valence-corrected chi connectivity index (χ1v) is 22.2. The molecule has 66 heavy (non-hydrogen) atoms. The minimum absolute atomic E-state index is 0.617. The number of nitrogens with zero attached hydrogens (tertiary/aromatic N) is 4. The number of rotatable bonds is 9. The molecule has 2 heterocycles. The zero-order valence-corrected chi connectivity index (χ0v) is 35.8. The molecule has 0 N–H and O–H groups in total. The van der Waals surface area contributed by atoms with Crippen molar-refractivity contribution in [2.45, 2.75) is 0 Å². The van der Waals surface area contributed by atoms with Gasteiger partial charge in [0.1, 0.15) is 11.2 Å². The van der Waals surface area contributed by atoms with Gasteiger partial charge in [0.25, 0.3) is 0 Å². The van der Waals surface area contributed by atoms with Crippen molar-refractivity contribution in [1.29, 1.82) is 0 Å². The average molecular weight is 845 g/mol. The molecule has 5 nitrogen and oxygen atoms in total. The number of hydrogen-bond donors (Lipinski definition) is 0. The molecule has 0 amide bonds. The molecule has 5 heteroatoms. The summed E-state index contributed by atoms with van der Waals surface area (Å²) >= 11 is 0. The maximum Gasteiger partial charge on any atom is 0.164 e. The van der Waals surface area contributed by atoms with E-state index in [2.05, 4.69) is 217 Å². The second-order valence-corrected chi connectivity index (χ2v) is 16.4. The second kappa shape index (κ2) is 16.6. The number of benzene rings is 10. The molecule has 12 rings (SSSR count). The fraction of sp³-hybridized carbons (Fsp3) is 0. The van der Waals surface area contributed by atoms with Crippen molar-refractivity contribution in [3.8, 4) is 67.5 Å². The van der Waals surface area contributed by atoms with Gasteiger partial charge in [-0.3, -0.25) is 0 Å². The molecule has 0 saturated carbocycles. The highest BCUT2D eigenvalue weighted by atomic mass is 16.3. The molecule has 0 aliphatic carbocycles. The SMILES string of the molecule is c1ccc(-c2ccc(N(c3ccc(-c4ccccc4)cc3)c3ccc4c(c3)oc3cccc(-c5ccc(-c6nc(-c7ccccc7)nc(-c7cccc8ccccc78)n6)cc5)c34)cc2)cc1. The molecule has 0 aliphatic rings. The molecule has 0 aliphatic heterocycles. The first-order valence-electron chi connectivity index (χ1n) is 22.2. The first kappa shape index (κ1) is 38.7. The number of hydrogen-bond acceptors (Lipinski definition) is 5. The van der Waals surface area contributed by atoms with Crippen molar-refractivity contribution in [1.82, 2.24) is 15.0 Å². The van der Waals surface area contributed by atoms with Crippen LogP contribution in [-0.4, -0.2) is 15.0 Å². The molecule has 0 saturated heterocycles. The summed E-state index contributed by atoms with van der Waals surface area (Å²) in [5.41, 5.74) is 14.4. The van der Waals surface area contributed by atoms with E-state index in [4.69, 9.17) is 19.4 Å². The number of aromatic nitrogens is 3. The zero-order chi connectivity index (χ0) is 43.8. The summed E-state index contributed by atoms with van der Waals surface area (Å²) in [6.45, 7) is 0. The van der Waals surface area contributed by atoms with Gasteiger partial charge in [0.2, 0.25) is 0 Å². The van der Waals surface area contributed by atoms with Crippen LogP contribution in [-0.2, 0) is 0 Å². The van der Waals surface area contributed by atoms with E-state index in [0.29, 0.717) is 17.5 Å². The van der Waals surface area contributed by atoms with E-state index in [9.17, 15) is 0 Å². The van der Waals surface area contributed by atoms with E-state index < -0.39 is 0 Å². The zero-order valence-electron chi connectivity index (χ0n) is 35.8. The standard InChI is InChI=1S/C61H40N4O/c1-4-14-41(15-5-1)43-30-34-49(35-31-43)65(50-36-32-44(33-37-50)42-16-6-2-7-17-42)51-38-39-55-57(40-51)66-56-25-13-23-53(58(55)56)46-26-28-48(29-27-46)60-62-59(47-19-8-3-9-20-47)63-61(64-60)54-24-12-21-45-18-10-11-22-52(45)54/h1-40H. The van der Waals surface area contributed by atoms with E-state index in [0.717, 1.165) is 77.6 Å². The summed E-state index contributed by atoms with van der Waals surface area (Å²) in [5, 5.41) is 4.36. The summed E-state index contributed by atoms with van der Waals surface area (Å²) in [7, 11) is 0. The third-order valence-electron chi connectivity index (χ3n) is 12.4. The summed E-state index contributed by atoms with van der Waals surface area (Å²) < 4.78 is 6.71. The van der Waals surface area contributed by atoms with Gasteiger partial charge in [0.05, 0.1) is 0 Å². The Morgan fingerprint density at radius 1 is 0.288 bits per heavy atom. The van der Waals surface area contributed by atoms with Crippen molar-refractivity contribution in [3.05, 3.63) is 243 Å².